The molecule has 2 heterocycles. The molecule has 0 fully saturated rings. The SMILES string of the molecule is Cc1cc(C)n(Cc2cccc(NC(=O)c3noc(C)c3COc3cccc(F)c3)c2)n1. The number of halogens is 1. The number of hydrogen-bond acceptors (Lipinski definition) is 5. The summed E-state index contributed by atoms with van der Waals surface area (Å²) in [5, 5.41) is 11.2. The first-order valence-electron chi connectivity index (χ1n) is 10.1. The smallest absolute Gasteiger partial charge is 0.278 e. The molecule has 2 aromatic heterocycles. The third-order valence-electron chi connectivity index (χ3n) is 5.00. The number of nitrogens with one attached hydrogen (secondary N) is 1. The van der Waals surface area contributed by atoms with E-state index in [2.05, 4.69) is 15.6 Å². The maximum atomic E-state index is 13.4. The number of ether oxygens (including phenoxy) is 1. The molecule has 0 saturated heterocycles. The van der Waals surface area contributed by atoms with E-state index in [4.69, 9.17) is 9.26 Å². The number of amides is 1. The van der Waals surface area contributed by atoms with Gasteiger partial charge < -0.3 is 14.6 Å². The van der Waals surface area contributed by atoms with E-state index >= 15 is 0 Å². The summed E-state index contributed by atoms with van der Waals surface area (Å²) < 4.78 is 26.1. The van der Waals surface area contributed by atoms with E-state index in [0.717, 1.165) is 17.0 Å². The van der Waals surface area contributed by atoms with Crippen LogP contribution in [-0.2, 0) is 13.2 Å². The van der Waals surface area contributed by atoms with Gasteiger partial charge in [-0.05, 0) is 56.7 Å². The number of carbonyl (C=O) groups is 1. The van der Waals surface area contributed by atoms with Gasteiger partial charge in [-0.25, -0.2) is 4.39 Å². The first-order chi connectivity index (χ1) is 15.4. The van der Waals surface area contributed by atoms with Crippen LogP contribution in [0.25, 0.3) is 0 Å². The molecule has 0 spiro atoms. The number of anilines is 1. The standard InChI is InChI=1S/C24H23FN4O3/c1-15-10-16(2)29(27-15)13-18-6-4-8-20(11-18)26-24(30)23-22(17(3)32-28-23)14-31-21-9-5-7-19(25)12-21/h4-12H,13-14H2,1-3H3,(H,26,30). The Morgan fingerprint density at radius 2 is 1.94 bits per heavy atom. The summed E-state index contributed by atoms with van der Waals surface area (Å²) in [4.78, 5) is 12.9. The highest BCUT2D eigenvalue weighted by Crippen LogP contribution is 2.20. The summed E-state index contributed by atoms with van der Waals surface area (Å²) >= 11 is 0. The molecule has 4 rings (SSSR count). The van der Waals surface area contributed by atoms with Crippen LogP contribution >= 0.6 is 0 Å². The minimum absolute atomic E-state index is 0.0273. The van der Waals surface area contributed by atoms with Gasteiger partial charge in [0.1, 0.15) is 23.9 Å². The Hall–Kier alpha value is -3.94. The van der Waals surface area contributed by atoms with Crippen molar-refractivity contribution in [1.29, 1.82) is 0 Å². The van der Waals surface area contributed by atoms with Gasteiger partial charge in [0.15, 0.2) is 5.69 Å². The van der Waals surface area contributed by atoms with Gasteiger partial charge >= 0.3 is 0 Å². The second kappa shape index (κ2) is 9.05. The lowest BCUT2D eigenvalue weighted by Crippen LogP contribution is -2.15. The van der Waals surface area contributed by atoms with Crippen molar-refractivity contribution in [2.24, 2.45) is 0 Å². The van der Waals surface area contributed by atoms with Gasteiger partial charge in [-0.1, -0.05) is 23.4 Å². The van der Waals surface area contributed by atoms with Crippen LogP contribution < -0.4 is 10.1 Å². The van der Waals surface area contributed by atoms with Gasteiger partial charge in [0.05, 0.1) is 17.8 Å². The van der Waals surface area contributed by atoms with Crippen molar-refractivity contribution in [2.75, 3.05) is 5.32 Å². The maximum Gasteiger partial charge on any atom is 0.278 e. The molecule has 164 valence electrons. The maximum absolute atomic E-state index is 13.4. The van der Waals surface area contributed by atoms with Crippen molar-refractivity contribution in [3.05, 3.63) is 94.4 Å². The van der Waals surface area contributed by atoms with Crippen LogP contribution in [0.1, 0.15) is 38.8 Å². The lowest BCUT2D eigenvalue weighted by molar-refractivity contribution is 0.101. The Bertz CT molecular complexity index is 1260. The highest BCUT2D eigenvalue weighted by atomic mass is 19.1. The monoisotopic (exact) mass is 434 g/mol. The summed E-state index contributed by atoms with van der Waals surface area (Å²) in [6.07, 6.45) is 0. The summed E-state index contributed by atoms with van der Waals surface area (Å²) in [7, 11) is 0. The van der Waals surface area contributed by atoms with Crippen molar-refractivity contribution in [1.82, 2.24) is 14.9 Å². The van der Waals surface area contributed by atoms with Crippen molar-refractivity contribution in [2.45, 2.75) is 33.9 Å². The topological polar surface area (TPSA) is 82.2 Å². The summed E-state index contributed by atoms with van der Waals surface area (Å²) in [6.45, 7) is 6.28. The molecule has 0 unspecified atom stereocenters. The van der Waals surface area contributed by atoms with Crippen LogP contribution in [-0.4, -0.2) is 20.8 Å². The molecule has 0 aliphatic rings. The minimum Gasteiger partial charge on any atom is -0.489 e. The molecule has 0 atom stereocenters. The van der Waals surface area contributed by atoms with Gasteiger partial charge in [0, 0.05) is 17.4 Å². The van der Waals surface area contributed by atoms with Crippen LogP contribution in [0.2, 0.25) is 0 Å². The Morgan fingerprint density at radius 1 is 1.12 bits per heavy atom. The molecule has 2 aromatic carbocycles. The van der Waals surface area contributed by atoms with Crippen molar-refractivity contribution in [3.63, 3.8) is 0 Å². The first-order valence-corrected chi connectivity index (χ1v) is 10.1. The van der Waals surface area contributed by atoms with E-state index < -0.39 is 11.7 Å². The molecule has 7 nitrogen and oxygen atoms in total. The van der Waals surface area contributed by atoms with Crippen molar-refractivity contribution in [3.8, 4) is 5.75 Å². The molecule has 32 heavy (non-hydrogen) atoms. The van der Waals surface area contributed by atoms with Crippen LogP contribution in [0, 0.1) is 26.6 Å². The average Bonchev–Trinajstić information content (AvgIpc) is 3.27. The largest absolute Gasteiger partial charge is 0.489 e. The van der Waals surface area contributed by atoms with Crippen LogP contribution in [0.5, 0.6) is 5.75 Å². The van der Waals surface area contributed by atoms with Crippen LogP contribution in [0.3, 0.4) is 0 Å². The van der Waals surface area contributed by atoms with E-state index in [-0.39, 0.29) is 12.3 Å². The third-order valence-corrected chi connectivity index (χ3v) is 5.00. The van der Waals surface area contributed by atoms with E-state index in [1.165, 1.54) is 12.1 Å². The fourth-order valence-electron chi connectivity index (χ4n) is 3.40. The molecule has 1 amide bonds. The lowest BCUT2D eigenvalue weighted by Gasteiger charge is -2.09. The van der Waals surface area contributed by atoms with E-state index in [9.17, 15) is 9.18 Å². The molecule has 4 aromatic rings. The van der Waals surface area contributed by atoms with E-state index in [1.807, 2.05) is 42.8 Å². The number of aromatic nitrogens is 3. The Kier molecular flexibility index (Phi) is 6.02. The molecular weight excluding hydrogens is 411 g/mol. The number of hydrogen-bond donors (Lipinski definition) is 1. The van der Waals surface area contributed by atoms with Crippen LogP contribution in [0.4, 0.5) is 10.1 Å². The third kappa shape index (κ3) is 4.85. The molecule has 0 saturated carbocycles. The second-order valence-corrected chi connectivity index (χ2v) is 7.55. The second-order valence-electron chi connectivity index (χ2n) is 7.55. The predicted molar refractivity (Wildman–Crippen MR) is 117 cm³/mol. The molecule has 8 heteroatoms. The molecule has 0 bridgehead atoms. The highest BCUT2D eigenvalue weighted by molar-refractivity contribution is 6.03. The first kappa shape index (κ1) is 21.3. The van der Waals surface area contributed by atoms with Crippen molar-refractivity contribution >= 4 is 11.6 Å². The Labute approximate surface area is 184 Å². The average molecular weight is 434 g/mol. The quantitative estimate of drug-likeness (QED) is 0.451. The van der Waals surface area contributed by atoms with Gasteiger partial charge in [0.2, 0.25) is 0 Å². The zero-order chi connectivity index (χ0) is 22.7. The van der Waals surface area contributed by atoms with E-state index in [0.29, 0.717) is 29.3 Å². The number of benzene rings is 2. The molecular formula is C24H23FN4O3. The highest BCUT2D eigenvalue weighted by Gasteiger charge is 2.21. The summed E-state index contributed by atoms with van der Waals surface area (Å²) in [5.74, 6) is 0.00412. The Balaban J connectivity index is 1.47. The summed E-state index contributed by atoms with van der Waals surface area (Å²) in [6, 6.07) is 15.4. The normalized spacial score (nSPS) is 10.9. The van der Waals surface area contributed by atoms with Gasteiger partial charge in [-0.3, -0.25) is 9.48 Å². The van der Waals surface area contributed by atoms with Gasteiger partial charge in [-0.2, -0.15) is 5.10 Å². The molecule has 0 aliphatic carbocycles. The fraction of sp³-hybridized carbons (Fsp3) is 0.208. The molecule has 0 aliphatic heterocycles. The van der Waals surface area contributed by atoms with Crippen LogP contribution in [0.15, 0.2) is 59.1 Å². The zero-order valence-electron chi connectivity index (χ0n) is 18.1. The molecule has 0 radical (unpaired) electrons. The number of nitrogens with zero attached hydrogens (tertiary/aromatic N) is 3. The minimum atomic E-state index is -0.414. The lowest BCUT2D eigenvalue weighted by atomic mass is 10.1. The summed E-state index contributed by atoms with van der Waals surface area (Å²) in [5.41, 5.74) is 4.29. The number of rotatable bonds is 7. The Morgan fingerprint density at radius 3 is 2.69 bits per heavy atom. The number of carbonyl (C=O) groups excluding carboxylic acids is 1. The predicted octanol–water partition coefficient (Wildman–Crippen LogP) is 4.82. The van der Waals surface area contributed by atoms with E-state index in [1.54, 1.807) is 25.1 Å². The van der Waals surface area contributed by atoms with Crippen molar-refractivity contribution < 1.29 is 18.4 Å². The zero-order valence-corrected chi connectivity index (χ0v) is 18.1. The van der Waals surface area contributed by atoms with Gasteiger partial charge in [0.25, 0.3) is 5.91 Å². The van der Waals surface area contributed by atoms with Gasteiger partial charge in [-0.15, -0.1) is 0 Å². The number of aryl methyl sites for hydroxylation is 3. The molecule has 1 N–H and O–H groups in total. The fourth-order valence-corrected chi connectivity index (χ4v) is 3.40.